The number of benzene rings is 1. The molecule has 3 unspecified atom stereocenters. The number of carbonyl (C=O) groups excluding carboxylic acids is 1. The van der Waals surface area contributed by atoms with Gasteiger partial charge in [-0.2, -0.15) is 0 Å². The summed E-state index contributed by atoms with van der Waals surface area (Å²) in [5.74, 6) is 2.41. The molecule has 3 nitrogen and oxygen atoms in total. The van der Waals surface area contributed by atoms with Gasteiger partial charge >= 0.3 is 0 Å². The third kappa shape index (κ3) is 6.94. The van der Waals surface area contributed by atoms with E-state index in [1.807, 2.05) is 44.7 Å². The van der Waals surface area contributed by atoms with Crippen molar-refractivity contribution >= 4 is 17.5 Å². The fourth-order valence-corrected chi connectivity index (χ4v) is 5.24. The molecule has 1 aliphatic heterocycles. The molecule has 0 N–H and O–H groups in total. The second kappa shape index (κ2) is 10.7. The highest BCUT2D eigenvalue weighted by molar-refractivity contribution is 8.00. The minimum absolute atomic E-state index is 0.123. The van der Waals surface area contributed by atoms with Gasteiger partial charge in [-0.1, -0.05) is 46.5 Å². The largest absolute Gasteiger partial charge is 0.490 e. The Bertz CT molecular complexity index is 677. The molecule has 0 fully saturated rings. The van der Waals surface area contributed by atoms with Crippen molar-refractivity contribution in [1.82, 2.24) is 0 Å². The Balaban J connectivity index is 2.35. The third-order valence-electron chi connectivity index (χ3n) is 5.52. The van der Waals surface area contributed by atoms with Crippen molar-refractivity contribution in [3.63, 3.8) is 0 Å². The summed E-state index contributed by atoms with van der Waals surface area (Å²) in [4.78, 5) is 14.2. The van der Waals surface area contributed by atoms with Crippen LogP contribution in [0.5, 0.6) is 11.5 Å². The Morgan fingerprint density at radius 3 is 2.41 bits per heavy atom. The second-order valence-corrected chi connectivity index (χ2v) is 10.6. The predicted octanol–water partition coefficient (Wildman–Crippen LogP) is 7.69. The van der Waals surface area contributed by atoms with Gasteiger partial charge in [0.25, 0.3) is 0 Å². The average Bonchev–Trinajstić information content (AvgIpc) is 2.65. The summed E-state index contributed by atoms with van der Waals surface area (Å²) in [6, 6.07) is 3.90. The molecule has 0 aliphatic carbocycles. The number of hydrogen-bond acceptors (Lipinski definition) is 4. The molecule has 0 saturated heterocycles. The van der Waals surface area contributed by atoms with Crippen LogP contribution < -0.4 is 9.47 Å². The molecule has 3 atom stereocenters. The maximum Gasteiger partial charge on any atom is 0.168 e. The van der Waals surface area contributed by atoms with Crippen molar-refractivity contribution in [2.45, 2.75) is 115 Å². The number of carbonyl (C=O) groups is 1. The summed E-state index contributed by atoms with van der Waals surface area (Å²) in [7, 11) is 0. The highest BCUT2D eigenvalue weighted by Crippen LogP contribution is 2.48. The van der Waals surface area contributed by atoms with Crippen LogP contribution in [-0.2, 0) is 0 Å². The standard InChI is InChI=1S/C25H40O3S/c1-8-11-12-18(10-3)15-19-16-20(26)23-21(28-25(5,6)7)13-14-22(24(23)29-19)27-17(4)9-2/h13-14,17-19H,8-12,15-16H2,1-7H3. The van der Waals surface area contributed by atoms with Crippen LogP contribution in [0.4, 0.5) is 0 Å². The lowest BCUT2D eigenvalue weighted by atomic mass is 9.91. The van der Waals surface area contributed by atoms with E-state index in [4.69, 9.17) is 9.47 Å². The minimum atomic E-state index is -0.345. The van der Waals surface area contributed by atoms with E-state index < -0.39 is 0 Å². The average molecular weight is 421 g/mol. The fourth-order valence-electron chi connectivity index (χ4n) is 3.74. The maximum absolute atomic E-state index is 13.2. The van der Waals surface area contributed by atoms with Gasteiger partial charge in [-0.25, -0.2) is 0 Å². The number of thioether (sulfide) groups is 1. The molecule has 164 valence electrons. The van der Waals surface area contributed by atoms with E-state index in [0.29, 0.717) is 23.3 Å². The number of rotatable bonds is 10. The van der Waals surface area contributed by atoms with Crippen molar-refractivity contribution in [2.24, 2.45) is 5.92 Å². The Morgan fingerprint density at radius 2 is 1.83 bits per heavy atom. The van der Waals surface area contributed by atoms with Gasteiger partial charge in [-0.15, -0.1) is 11.8 Å². The Labute approximate surface area is 182 Å². The zero-order valence-electron chi connectivity index (χ0n) is 19.5. The second-order valence-electron chi connectivity index (χ2n) is 9.34. The molecule has 0 aromatic heterocycles. The molecule has 0 radical (unpaired) electrons. The molecule has 0 saturated carbocycles. The molecular formula is C25H40O3S. The van der Waals surface area contributed by atoms with Gasteiger partial charge in [0.05, 0.1) is 16.6 Å². The Kier molecular flexibility index (Phi) is 8.93. The molecule has 0 spiro atoms. The first-order valence-corrected chi connectivity index (χ1v) is 12.3. The predicted molar refractivity (Wildman–Crippen MR) is 124 cm³/mol. The number of ether oxygens (including phenoxy) is 2. The fraction of sp³-hybridized carbons (Fsp3) is 0.720. The zero-order valence-corrected chi connectivity index (χ0v) is 20.3. The first-order valence-electron chi connectivity index (χ1n) is 11.4. The lowest BCUT2D eigenvalue weighted by molar-refractivity contribution is 0.0947. The number of fused-ring (bicyclic) bond motifs is 1. The van der Waals surface area contributed by atoms with Crippen LogP contribution in [-0.4, -0.2) is 22.7 Å². The number of Topliss-reactive ketones (excluding diaryl/α,β-unsaturated/α-hetero) is 1. The summed E-state index contributed by atoms with van der Waals surface area (Å²) >= 11 is 1.83. The van der Waals surface area contributed by atoms with Crippen LogP contribution in [0.1, 0.15) is 104 Å². The van der Waals surface area contributed by atoms with E-state index in [1.54, 1.807) is 0 Å². The normalized spacial score (nSPS) is 18.9. The Hall–Kier alpha value is -1.16. The number of unbranched alkanes of at least 4 members (excludes halogenated alkanes) is 1. The zero-order chi connectivity index (χ0) is 21.6. The summed E-state index contributed by atoms with van der Waals surface area (Å²) in [5, 5.41) is 0.320. The van der Waals surface area contributed by atoms with Crippen LogP contribution >= 0.6 is 11.8 Å². The van der Waals surface area contributed by atoms with Crippen molar-refractivity contribution in [1.29, 1.82) is 0 Å². The van der Waals surface area contributed by atoms with E-state index in [-0.39, 0.29) is 17.5 Å². The van der Waals surface area contributed by atoms with Crippen molar-refractivity contribution in [2.75, 3.05) is 0 Å². The van der Waals surface area contributed by atoms with E-state index >= 15 is 0 Å². The van der Waals surface area contributed by atoms with Gasteiger partial charge in [0.2, 0.25) is 0 Å². The van der Waals surface area contributed by atoms with E-state index in [1.165, 1.54) is 25.7 Å². The monoisotopic (exact) mass is 420 g/mol. The summed E-state index contributed by atoms with van der Waals surface area (Å²) in [6.07, 6.45) is 7.69. The summed E-state index contributed by atoms with van der Waals surface area (Å²) < 4.78 is 12.4. The van der Waals surface area contributed by atoms with Crippen molar-refractivity contribution in [3.8, 4) is 11.5 Å². The van der Waals surface area contributed by atoms with Gasteiger partial charge in [-0.05, 0) is 58.6 Å². The van der Waals surface area contributed by atoms with Gasteiger partial charge in [0.1, 0.15) is 17.1 Å². The topological polar surface area (TPSA) is 35.5 Å². The third-order valence-corrected chi connectivity index (χ3v) is 6.85. The summed E-state index contributed by atoms with van der Waals surface area (Å²) in [6.45, 7) is 14.8. The molecule has 29 heavy (non-hydrogen) atoms. The van der Waals surface area contributed by atoms with Crippen LogP contribution in [0.2, 0.25) is 0 Å². The van der Waals surface area contributed by atoms with Crippen molar-refractivity contribution in [3.05, 3.63) is 17.7 Å². The molecule has 1 aromatic carbocycles. The minimum Gasteiger partial charge on any atom is -0.490 e. The van der Waals surface area contributed by atoms with Crippen LogP contribution in [0.3, 0.4) is 0 Å². The van der Waals surface area contributed by atoms with Gasteiger partial charge in [0, 0.05) is 11.7 Å². The number of hydrogen-bond donors (Lipinski definition) is 0. The molecule has 1 heterocycles. The Morgan fingerprint density at radius 1 is 1.14 bits per heavy atom. The van der Waals surface area contributed by atoms with E-state index in [0.717, 1.165) is 29.1 Å². The van der Waals surface area contributed by atoms with Gasteiger partial charge in [-0.3, -0.25) is 4.79 Å². The smallest absolute Gasteiger partial charge is 0.168 e. The molecule has 2 rings (SSSR count). The molecule has 0 amide bonds. The summed E-state index contributed by atoms with van der Waals surface area (Å²) in [5.41, 5.74) is 0.380. The SMILES string of the molecule is CCCCC(CC)CC1CC(=O)c2c(OC(C)(C)C)ccc(OC(C)CC)c2S1. The van der Waals surface area contributed by atoms with Gasteiger partial charge < -0.3 is 9.47 Å². The molecule has 0 bridgehead atoms. The lowest BCUT2D eigenvalue weighted by Crippen LogP contribution is -2.27. The highest BCUT2D eigenvalue weighted by Gasteiger charge is 2.33. The van der Waals surface area contributed by atoms with Gasteiger partial charge in [0.15, 0.2) is 5.78 Å². The molecule has 1 aromatic rings. The number of ketones is 1. The maximum atomic E-state index is 13.2. The lowest BCUT2D eigenvalue weighted by Gasteiger charge is -2.31. The van der Waals surface area contributed by atoms with E-state index in [9.17, 15) is 4.79 Å². The quantitative estimate of drug-likeness (QED) is 0.388. The first kappa shape index (κ1) is 24.1. The molecule has 1 aliphatic rings. The highest BCUT2D eigenvalue weighted by atomic mass is 32.2. The van der Waals surface area contributed by atoms with E-state index in [2.05, 4.69) is 27.7 Å². The molecule has 4 heteroatoms. The van der Waals surface area contributed by atoms with Crippen LogP contribution in [0, 0.1) is 5.92 Å². The van der Waals surface area contributed by atoms with Crippen LogP contribution in [0.15, 0.2) is 17.0 Å². The molecular weight excluding hydrogens is 380 g/mol. The van der Waals surface area contributed by atoms with Crippen molar-refractivity contribution < 1.29 is 14.3 Å². The van der Waals surface area contributed by atoms with Crippen LogP contribution in [0.25, 0.3) is 0 Å². The first-order chi connectivity index (χ1) is 13.7.